The zero-order chi connectivity index (χ0) is 8.27. The van der Waals surface area contributed by atoms with Crippen LogP contribution in [0, 0.1) is 5.92 Å². The van der Waals surface area contributed by atoms with Crippen LogP contribution in [0.5, 0.6) is 0 Å². The summed E-state index contributed by atoms with van der Waals surface area (Å²) in [5, 5.41) is 9.35. The first-order valence-electron chi connectivity index (χ1n) is 3.42. The minimum Gasteiger partial charge on any atom is -0.467 e. The van der Waals surface area contributed by atoms with Crippen molar-refractivity contribution >= 4 is 6.29 Å². The van der Waals surface area contributed by atoms with E-state index in [1.807, 2.05) is 0 Å². The number of aliphatic hydroxyl groups excluding tert-OH is 1. The minimum absolute atomic E-state index is 0.416. The molecule has 2 unspecified atom stereocenters. The summed E-state index contributed by atoms with van der Waals surface area (Å²) >= 11 is 0. The highest BCUT2D eigenvalue weighted by molar-refractivity contribution is 5.54. The molecule has 0 aliphatic rings. The summed E-state index contributed by atoms with van der Waals surface area (Å²) in [5.41, 5.74) is 0. The van der Waals surface area contributed by atoms with E-state index in [1.165, 1.54) is 6.26 Å². The Morgan fingerprint density at radius 1 is 1.73 bits per heavy atom. The van der Waals surface area contributed by atoms with Gasteiger partial charge in [-0.3, -0.25) is 0 Å². The normalized spacial score (nSPS) is 15.8. The SMILES string of the molecule is CC(C=O)C(O)c1ccco1. The maximum Gasteiger partial charge on any atom is 0.132 e. The molecule has 0 aliphatic heterocycles. The Bertz CT molecular complexity index is 215. The first-order chi connectivity index (χ1) is 5.25. The summed E-state index contributed by atoms with van der Waals surface area (Å²) < 4.78 is 4.91. The Labute approximate surface area is 64.6 Å². The van der Waals surface area contributed by atoms with Gasteiger partial charge < -0.3 is 14.3 Å². The third kappa shape index (κ3) is 1.68. The van der Waals surface area contributed by atoms with Crippen LogP contribution in [0.25, 0.3) is 0 Å². The lowest BCUT2D eigenvalue weighted by molar-refractivity contribution is -0.114. The first kappa shape index (κ1) is 8.01. The topological polar surface area (TPSA) is 50.4 Å². The number of aldehydes is 1. The Morgan fingerprint density at radius 3 is 2.91 bits per heavy atom. The van der Waals surface area contributed by atoms with Crippen molar-refractivity contribution in [3.05, 3.63) is 24.2 Å². The second-order valence-corrected chi connectivity index (χ2v) is 2.46. The van der Waals surface area contributed by atoms with Gasteiger partial charge in [0.05, 0.1) is 6.26 Å². The van der Waals surface area contributed by atoms with Crippen molar-refractivity contribution in [3.63, 3.8) is 0 Å². The van der Waals surface area contributed by atoms with E-state index in [-0.39, 0.29) is 0 Å². The number of furan rings is 1. The molecule has 60 valence electrons. The number of rotatable bonds is 3. The van der Waals surface area contributed by atoms with E-state index in [0.717, 1.165) is 0 Å². The van der Waals surface area contributed by atoms with Gasteiger partial charge in [0.1, 0.15) is 18.2 Å². The van der Waals surface area contributed by atoms with Gasteiger partial charge in [0.15, 0.2) is 0 Å². The molecule has 1 aromatic rings. The monoisotopic (exact) mass is 154 g/mol. The molecule has 0 saturated carbocycles. The lowest BCUT2D eigenvalue weighted by atomic mass is 10.1. The highest BCUT2D eigenvalue weighted by Crippen LogP contribution is 2.19. The van der Waals surface area contributed by atoms with Gasteiger partial charge in [-0.15, -0.1) is 0 Å². The van der Waals surface area contributed by atoms with Gasteiger partial charge in [-0.1, -0.05) is 6.92 Å². The zero-order valence-electron chi connectivity index (χ0n) is 6.23. The number of hydrogen-bond donors (Lipinski definition) is 1. The smallest absolute Gasteiger partial charge is 0.132 e. The van der Waals surface area contributed by atoms with E-state index < -0.39 is 12.0 Å². The standard InChI is InChI=1S/C8H10O3/c1-6(5-9)8(10)7-3-2-4-11-7/h2-6,8,10H,1H3. The van der Waals surface area contributed by atoms with E-state index in [0.29, 0.717) is 12.0 Å². The minimum atomic E-state index is -0.817. The summed E-state index contributed by atoms with van der Waals surface area (Å²) in [6.07, 6.45) is 1.35. The molecule has 0 spiro atoms. The van der Waals surface area contributed by atoms with Crippen LogP contribution < -0.4 is 0 Å². The average molecular weight is 154 g/mol. The fraction of sp³-hybridized carbons (Fsp3) is 0.375. The molecule has 1 N–H and O–H groups in total. The summed E-state index contributed by atoms with van der Waals surface area (Å²) in [4.78, 5) is 10.2. The van der Waals surface area contributed by atoms with Gasteiger partial charge in [-0.2, -0.15) is 0 Å². The maximum absolute atomic E-state index is 10.2. The number of hydrogen-bond acceptors (Lipinski definition) is 3. The van der Waals surface area contributed by atoms with Crippen LogP contribution in [0.1, 0.15) is 18.8 Å². The fourth-order valence-electron chi connectivity index (χ4n) is 0.793. The first-order valence-corrected chi connectivity index (χ1v) is 3.42. The van der Waals surface area contributed by atoms with Crippen molar-refractivity contribution in [3.8, 4) is 0 Å². The van der Waals surface area contributed by atoms with Gasteiger partial charge >= 0.3 is 0 Å². The fourth-order valence-corrected chi connectivity index (χ4v) is 0.793. The molecular weight excluding hydrogens is 144 g/mol. The second-order valence-electron chi connectivity index (χ2n) is 2.46. The number of carbonyl (C=O) groups excluding carboxylic acids is 1. The summed E-state index contributed by atoms with van der Waals surface area (Å²) in [5.74, 6) is 0.0192. The van der Waals surface area contributed by atoms with Crippen LogP contribution in [0.15, 0.2) is 22.8 Å². The van der Waals surface area contributed by atoms with Gasteiger partial charge in [0.2, 0.25) is 0 Å². The van der Waals surface area contributed by atoms with Crippen molar-refractivity contribution < 1.29 is 14.3 Å². The van der Waals surface area contributed by atoms with Gasteiger partial charge in [0.25, 0.3) is 0 Å². The van der Waals surface area contributed by atoms with Crippen molar-refractivity contribution in [1.29, 1.82) is 0 Å². The Morgan fingerprint density at radius 2 is 2.45 bits per heavy atom. The highest BCUT2D eigenvalue weighted by Gasteiger charge is 2.17. The van der Waals surface area contributed by atoms with Crippen LogP contribution >= 0.6 is 0 Å². The molecule has 1 aromatic heterocycles. The number of aliphatic hydroxyl groups is 1. The molecule has 11 heavy (non-hydrogen) atoms. The predicted molar refractivity (Wildman–Crippen MR) is 38.9 cm³/mol. The van der Waals surface area contributed by atoms with E-state index in [4.69, 9.17) is 4.42 Å². The molecule has 3 nitrogen and oxygen atoms in total. The van der Waals surface area contributed by atoms with Crippen LogP contribution in [0.4, 0.5) is 0 Å². The Hall–Kier alpha value is -1.09. The molecule has 0 saturated heterocycles. The summed E-state index contributed by atoms with van der Waals surface area (Å²) in [6.45, 7) is 1.64. The van der Waals surface area contributed by atoms with Crippen molar-refractivity contribution in [2.24, 2.45) is 5.92 Å². The zero-order valence-corrected chi connectivity index (χ0v) is 6.23. The van der Waals surface area contributed by atoms with Crippen LogP contribution in [0.2, 0.25) is 0 Å². The second kappa shape index (κ2) is 3.34. The molecule has 0 aromatic carbocycles. The van der Waals surface area contributed by atoms with Crippen LogP contribution in [0.3, 0.4) is 0 Å². The summed E-state index contributed by atoms with van der Waals surface area (Å²) in [6, 6.07) is 3.32. The van der Waals surface area contributed by atoms with Crippen LogP contribution in [-0.2, 0) is 4.79 Å². The molecule has 0 fully saturated rings. The Balaban J connectivity index is 2.69. The van der Waals surface area contributed by atoms with Crippen molar-refractivity contribution in [1.82, 2.24) is 0 Å². The third-order valence-corrected chi connectivity index (χ3v) is 1.55. The highest BCUT2D eigenvalue weighted by atomic mass is 16.4. The maximum atomic E-state index is 10.2. The van der Waals surface area contributed by atoms with Gasteiger partial charge in [-0.25, -0.2) is 0 Å². The van der Waals surface area contributed by atoms with Gasteiger partial charge in [0, 0.05) is 5.92 Å². The predicted octanol–water partition coefficient (Wildman–Crippen LogP) is 1.15. The lowest BCUT2D eigenvalue weighted by Gasteiger charge is -2.08. The van der Waals surface area contributed by atoms with E-state index in [9.17, 15) is 9.90 Å². The molecular formula is C8H10O3. The van der Waals surface area contributed by atoms with E-state index in [1.54, 1.807) is 19.1 Å². The molecule has 3 heteroatoms. The molecule has 0 amide bonds. The number of carbonyl (C=O) groups is 1. The lowest BCUT2D eigenvalue weighted by Crippen LogP contribution is -2.08. The molecule has 1 rings (SSSR count). The largest absolute Gasteiger partial charge is 0.467 e. The van der Waals surface area contributed by atoms with Crippen molar-refractivity contribution in [2.45, 2.75) is 13.0 Å². The molecule has 2 atom stereocenters. The van der Waals surface area contributed by atoms with Crippen molar-refractivity contribution in [2.75, 3.05) is 0 Å². The third-order valence-electron chi connectivity index (χ3n) is 1.55. The molecule has 0 bridgehead atoms. The van der Waals surface area contributed by atoms with E-state index >= 15 is 0 Å². The molecule has 0 aliphatic carbocycles. The molecule has 1 heterocycles. The van der Waals surface area contributed by atoms with Gasteiger partial charge in [-0.05, 0) is 12.1 Å². The summed E-state index contributed by atoms with van der Waals surface area (Å²) in [7, 11) is 0. The van der Waals surface area contributed by atoms with Crippen LogP contribution in [-0.4, -0.2) is 11.4 Å². The molecule has 0 radical (unpaired) electrons. The quantitative estimate of drug-likeness (QED) is 0.664. The average Bonchev–Trinajstić information content (AvgIpc) is 2.53. The van der Waals surface area contributed by atoms with E-state index in [2.05, 4.69) is 0 Å². The Kier molecular flexibility index (Phi) is 2.44.